The fraction of sp³-hybridized carbons (Fsp3) is 0.250. The highest BCUT2D eigenvalue weighted by molar-refractivity contribution is 5.71. The number of rotatable bonds is 6. The van der Waals surface area contributed by atoms with Gasteiger partial charge in [-0.25, -0.2) is 4.79 Å². The maximum Gasteiger partial charge on any atom is 0.312 e. The van der Waals surface area contributed by atoms with Crippen LogP contribution < -0.4 is 16.4 Å². The Morgan fingerprint density at radius 3 is 2.74 bits per heavy atom. The number of amides is 2. The van der Waals surface area contributed by atoms with Crippen LogP contribution in [0.15, 0.2) is 34.7 Å². The zero-order valence-electron chi connectivity index (χ0n) is 10.3. The second kappa shape index (κ2) is 6.50. The average Bonchev–Trinajstić information content (AvgIpc) is 2.88. The largest absolute Gasteiger partial charge is 0.419 e. The third-order valence-electron chi connectivity index (χ3n) is 2.36. The van der Waals surface area contributed by atoms with Crippen molar-refractivity contribution in [2.45, 2.75) is 6.54 Å². The summed E-state index contributed by atoms with van der Waals surface area (Å²) in [6, 6.07) is 9.02. The molecule has 2 amide bonds. The van der Waals surface area contributed by atoms with Gasteiger partial charge >= 0.3 is 6.03 Å². The number of nitrogens with zero attached hydrogens (tertiary/aromatic N) is 2. The number of aromatic nitrogens is 2. The molecule has 0 atom stereocenters. The summed E-state index contributed by atoms with van der Waals surface area (Å²) in [6.07, 6.45) is 0. The maximum absolute atomic E-state index is 10.4. The van der Waals surface area contributed by atoms with Crippen molar-refractivity contribution < 1.29 is 9.21 Å². The predicted octanol–water partition coefficient (Wildman–Crippen LogP) is 0.495. The Balaban J connectivity index is 1.80. The first-order chi connectivity index (χ1) is 9.25. The van der Waals surface area contributed by atoms with Crippen LogP contribution >= 0.6 is 0 Å². The van der Waals surface area contributed by atoms with Crippen molar-refractivity contribution in [1.29, 1.82) is 0 Å². The molecule has 0 spiro atoms. The molecule has 0 aliphatic heterocycles. The monoisotopic (exact) mass is 261 g/mol. The van der Waals surface area contributed by atoms with Gasteiger partial charge in [-0.3, -0.25) is 0 Å². The first-order valence-corrected chi connectivity index (χ1v) is 5.87. The summed E-state index contributed by atoms with van der Waals surface area (Å²) in [5.41, 5.74) is 5.82. The Kier molecular flexibility index (Phi) is 4.46. The molecule has 0 saturated heterocycles. The van der Waals surface area contributed by atoms with Crippen LogP contribution in [0, 0.1) is 0 Å². The third-order valence-corrected chi connectivity index (χ3v) is 2.36. The molecule has 7 heteroatoms. The molecule has 19 heavy (non-hydrogen) atoms. The van der Waals surface area contributed by atoms with Crippen molar-refractivity contribution in [3.8, 4) is 11.5 Å². The Hall–Kier alpha value is -2.41. The van der Waals surface area contributed by atoms with E-state index in [0.29, 0.717) is 31.4 Å². The van der Waals surface area contributed by atoms with Gasteiger partial charge in [-0.2, -0.15) is 0 Å². The van der Waals surface area contributed by atoms with E-state index in [1.165, 1.54) is 0 Å². The summed E-state index contributed by atoms with van der Waals surface area (Å²) in [5.74, 6) is 0.991. The van der Waals surface area contributed by atoms with Gasteiger partial charge in [0.25, 0.3) is 0 Å². The number of nitrogens with two attached hydrogens (primary N) is 1. The van der Waals surface area contributed by atoms with Crippen molar-refractivity contribution >= 4 is 6.03 Å². The molecule has 0 unspecified atom stereocenters. The smallest absolute Gasteiger partial charge is 0.312 e. The predicted molar refractivity (Wildman–Crippen MR) is 69.0 cm³/mol. The number of carbonyl (C=O) groups is 1. The topological polar surface area (TPSA) is 106 Å². The number of urea groups is 1. The van der Waals surface area contributed by atoms with E-state index in [1.807, 2.05) is 30.3 Å². The molecule has 2 rings (SSSR count). The van der Waals surface area contributed by atoms with Gasteiger partial charge in [0.05, 0.1) is 6.54 Å². The lowest BCUT2D eigenvalue weighted by Crippen LogP contribution is -2.35. The van der Waals surface area contributed by atoms with Gasteiger partial charge in [-0.1, -0.05) is 18.2 Å². The van der Waals surface area contributed by atoms with Gasteiger partial charge in [-0.05, 0) is 12.1 Å². The van der Waals surface area contributed by atoms with Crippen LogP contribution in [0.5, 0.6) is 0 Å². The Morgan fingerprint density at radius 1 is 1.21 bits per heavy atom. The fourth-order valence-electron chi connectivity index (χ4n) is 1.49. The van der Waals surface area contributed by atoms with Crippen molar-refractivity contribution in [3.63, 3.8) is 0 Å². The van der Waals surface area contributed by atoms with Crippen molar-refractivity contribution in [2.24, 2.45) is 5.73 Å². The van der Waals surface area contributed by atoms with E-state index in [2.05, 4.69) is 20.8 Å². The highest BCUT2D eigenvalue weighted by atomic mass is 16.4. The van der Waals surface area contributed by atoms with E-state index in [9.17, 15) is 4.79 Å². The molecule has 0 fully saturated rings. The summed E-state index contributed by atoms with van der Waals surface area (Å²) in [7, 11) is 0. The van der Waals surface area contributed by atoms with E-state index in [1.54, 1.807) is 0 Å². The molecule has 4 N–H and O–H groups in total. The summed E-state index contributed by atoms with van der Waals surface area (Å²) in [4.78, 5) is 10.4. The molecule has 1 aromatic carbocycles. The number of hydrogen-bond donors (Lipinski definition) is 3. The molecule has 100 valence electrons. The Morgan fingerprint density at radius 2 is 2.00 bits per heavy atom. The lowest BCUT2D eigenvalue weighted by Gasteiger charge is -2.01. The number of benzene rings is 1. The second-order valence-corrected chi connectivity index (χ2v) is 3.83. The lowest BCUT2D eigenvalue weighted by molar-refractivity contribution is 0.249. The maximum atomic E-state index is 10.4. The lowest BCUT2D eigenvalue weighted by atomic mass is 10.2. The van der Waals surface area contributed by atoms with Crippen LogP contribution in [0.2, 0.25) is 0 Å². The summed E-state index contributed by atoms with van der Waals surface area (Å²) >= 11 is 0. The summed E-state index contributed by atoms with van der Waals surface area (Å²) in [5, 5.41) is 13.4. The molecule has 0 bridgehead atoms. The van der Waals surface area contributed by atoms with E-state index >= 15 is 0 Å². The first kappa shape index (κ1) is 13.0. The molecule has 1 heterocycles. The highest BCUT2D eigenvalue weighted by Gasteiger charge is 2.07. The van der Waals surface area contributed by atoms with Gasteiger partial charge in [0, 0.05) is 18.7 Å². The molecule has 2 aromatic rings. The van der Waals surface area contributed by atoms with Crippen LogP contribution in [0.1, 0.15) is 5.89 Å². The minimum absolute atomic E-state index is 0.445. The third kappa shape index (κ3) is 4.07. The zero-order chi connectivity index (χ0) is 13.5. The van der Waals surface area contributed by atoms with E-state index < -0.39 is 6.03 Å². The summed E-state index contributed by atoms with van der Waals surface area (Å²) in [6.45, 7) is 1.47. The van der Waals surface area contributed by atoms with Gasteiger partial charge in [-0.15, -0.1) is 10.2 Å². The quantitative estimate of drug-likeness (QED) is 0.656. The highest BCUT2D eigenvalue weighted by Crippen LogP contribution is 2.16. The second-order valence-electron chi connectivity index (χ2n) is 3.83. The van der Waals surface area contributed by atoms with Crippen molar-refractivity contribution in [2.75, 3.05) is 13.1 Å². The van der Waals surface area contributed by atoms with Crippen molar-refractivity contribution in [3.05, 3.63) is 36.2 Å². The van der Waals surface area contributed by atoms with Crippen molar-refractivity contribution in [1.82, 2.24) is 20.8 Å². The average molecular weight is 261 g/mol. The van der Waals surface area contributed by atoms with Gasteiger partial charge in [0.2, 0.25) is 11.8 Å². The van der Waals surface area contributed by atoms with Crippen LogP contribution in [-0.4, -0.2) is 29.3 Å². The minimum Gasteiger partial charge on any atom is -0.419 e. The molecular weight excluding hydrogens is 246 g/mol. The van der Waals surface area contributed by atoms with Crippen LogP contribution in [-0.2, 0) is 6.54 Å². The molecule has 0 aliphatic carbocycles. The number of hydrogen-bond acceptors (Lipinski definition) is 5. The molecule has 1 aromatic heterocycles. The minimum atomic E-state index is -0.536. The number of primary amides is 1. The molecule has 7 nitrogen and oxygen atoms in total. The number of nitrogens with one attached hydrogen (secondary N) is 2. The fourth-order valence-corrected chi connectivity index (χ4v) is 1.49. The van der Waals surface area contributed by atoms with E-state index in [-0.39, 0.29) is 0 Å². The molecule has 0 radical (unpaired) electrons. The summed E-state index contributed by atoms with van der Waals surface area (Å²) < 4.78 is 5.50. The van der Waals surface area contributed by atoms with Crippen LogP contribution in [0.4, 0.5) is 4.79 Å². The normalized spacial score (nSPS) is 10.3. The standard InChI is InChI=1S/C12H15N5O2/c13-12(18)15-7-6-14-8-10-16-17-11(19-10)9-4-2-1-3-5-9/h1-5,14H,6-8H2,(H3,13,15,18). The Labute approximate surface area is 110 Å². The molecule has 0 aliphatic rings. The van der Waals surface area contributed by atoms with Gasteiger partial charge in [0.1, 0.15) is 0 Å². The Bertz CT molecular complexity index is 526. The molecule has 0 saturated carbocycles. The SMILES string of the molecule is NC(=O)NCCNCc1nnc(-c2ccccc2)o1. The molecular formula is C12H15N5O2. The number of carbonyl (C=O) groups excluding carboxylic acids is 1. The van der Waals surface area contributed by atoms with E-state index in [4.69, 9.17) is 10.2 Å². The zero-order valence-corrected chi connectivity index (χ0v) is 10.3. The van der Waals surface area contributed by atoms with Gasteiger partial charge < -0.3 is 20.8 Å². The van der Waals surface area contributed by atoms with Crippen LogP contribution in [0.25, 0.3) is 11.5 Å². The van der Waals surface area contributed by atoms with E-state index in [0.717, 1.165) is 5.56 Å². The van der Waals surface area contributed by atoms with Gasteiger partial charge in [0.15, 0.2) is 0 Å². The van der Waals surface area contributed by atoms with Crippen LogP contribution in [0.3, 0.4) is 0 Å². The first-order valence-electron chi connectivity index (χ1n) is 5.87.